The summed E-state index contributed by atoms with van der Waals surface area (Å²) in [5.74, 6) is 0.741. The average molecular weight is 267 g/mol. The Morgan fingerprint density at radius 1 is 1.28 bits per heavy atom. The number of hydrogen-bond acceptors (Lipinski definition) is 3. The van der Waals surface area contributed by atoms with Gasteiger partial charge in [-0.3, -0.25) is 14.3 Å². The minimum Gasteiger partial charge on any atom is -0.497 e. The van der Waals surface area contributed by atoms with Gasteiger partial charge in [-0.15, -0.1) is 0 Å². The van der Waals surface area contributed by atoms with E-state index < -0.39 is 11.2 Å². The molecule has 5 nitrogen and oxygen atoms in total. The van der Waals surface area contributed by atoms with Crippen LogP contribution in [0.2, 0.25) is 5.02 Å². The van der Waals surface area contributed by atoms with Gasteiger partial charge in [-0.25, -0.2) is 4.79 Å². The Bertz CT molecular complexity index is 658. The number of H-pyrrole nitrogens is 1. The highest BCUT2D eigenvalue weighted by molar-refractivity contribution is 6.30. The molecular weight excluding hydrogens is 256 g/mol. The van der Waals surface area contributed by atoms with Gasteiger partial charge in [0.1, 0.15) is 10.8 Å². The van der Waals surface area contributed by atoms with Crippen LogP contribution in [0.4, 0.5) is 0 Å². The highest BCUT2D eigenvalue weighted by Crippen LogP contribution is 2.11. The van der Waals surface area contributed by atoms with Gasteiger partial charge in [0.2, 0.25) is 0 Å². The van der Waals surface area contributed by atoms with Crippen molar-refractivity contribution >= 4 is 11.6 Å². The van der Waals surface area contributed by atoms with Crippen molar-refractivity contribution in [1.29, 1.82) is 0 Å². The maximum Gasteiger partial charge on any atom is 0.328 e. The second-order valence-corrected chi connectivity index (χ2v) is 4.12. The molecule has 1 aromatic heterocycles. The molecule has 0 saturated carbocycles. The van der Waals surface area contributed by atoms with Crippen LogP contribution >= 0.6 is 11.6 Å². The molecule has 0 atom stereocenters. The summed E-state index contributed by atoms with van der Waals surface area (Å²) in [6.45, 7) is 0.333. The van der Waals surface area contributed by atoms with Gasteiger partial charge in [-0.1, -0.05) is 23.7 Å². The Morgan fingerprint density at radius 2 is 1.94 bits per heavy atom. The Morgan fingerprint density at radius 3 is 2.56 bits per heavy atom. The van der Waals surface area contributed by atoms with Gasteiger partial charge >= 0.3 is 5.69 Å². The Balaban J connectivity index is 2.31. The quantitative estimate of drug-likeness (QED) is 0.909. The van der Waals surface area contributed by atoms with Gasteiger partial charge in [-0.2, -0.15) is 0 Å². The smallest absolute Gasteiger partial charge is 0.328 e. The predicted octanol–water partition coefficient (Wildman–Crippen LogP) is 1.25. The van der Waals surface area contributed by atoms with Gasteiger partial charge in [-0.05, 0) is 17.7 Å². The molecule has 0 fully saturated rings. The first kappa shape index (κ1) is 12.4. The number of ether oxygens (including phenoxy) is 1. The molecule has 0 amide bonds. The zero-order valence-electron chi connectivity index (χ0n) is 9.64. The zero-order chi connectivity index (χ0) is 13.1. The number of rotatable bonds is 3. The number of nitrogens with one attached hydrogen (secondary N) is 1. The molecule has 0 bridgehead atoms. The SMILES string of the molecule is COc1ccc(Cn2cc(Cl)c(=O)[nH]c2=O)cc1. The molecule has 0 spiro atoms. The Labute approximate surface area is 108 Å². The first-order valence-corrected chi connectivity index (χ1v) is 5.60. The van der Waals surface area contributed by atoms with Crippen molar-refractivity contribution in [2.24, 2.45) is 0 Å². The maximum absolute atomic E-state index is 11.5. The number of methoxy groups -OCH3 is 1. The van der Waals surface area contributed by atoms with Crippen LogP contribution in [-0.4, -0.2) is 16.7 Å². The van der Waals surface area contributed by atoms with Crippen molar-refractivity contribution < 1.29 is 4.74 Å². The molecule has 18 heavy (non-hydrogen) atoms. The molecule has 94 valence electrons. The van der Waals surface area contributed by atoms with Crippen LogP contribution in [-0.2, 0) is 6.54 Å². The number of benzene rings is 1. The third kappa shape index (κ3) is 2.62. The summed E-state index contributed by atoms with van der Waals surface area (Å²) in [4.78, 5) is 24.8. The van der Waals surface area contributed by atoms with Gasteiger partial charge in [0.25, 0.3) is 5.56 Å². The number of aromatic nitrogens is 2. The summed E-state index contributed by atoms with van der Waals surface area (Å²) in [6, 6.07) is 7.27. The van der Waals surface area contributed by atoms with Crippen molar-refractivity contribution in [3.8, 4) is 5.75 Å². The van der Waals surface area contributed by atoms with Crippen LogP contribution < -0.4 is 16.0 Å². The summed E-state index contributed by atoms with van der Waals surface area (Å²) < 4.78 is 6.38. The molecular formula is C12H11ClN2O3. The van der Waals surface area contributed by atoms with E-state index in [1.165, 1.54) is 10.8 Å². The lowest BCUT2D eigenvalue weighted by Gasteiger charge is -2.06. The zero-order valence-corrected chi connectivity index (χ0v) is 10.4. The van der Waals surface area contributed by atoms with Gasteiger partial charge in [0.15, 0.2) is 0 Å². The second-order valence-electron chi connectivity index (χ2n) is 3.71. The van der Waals surface area contributed by atoms with Crippen molar-refractivity contribution in [3.63, 3.8) is 0 Å². The van der Waals surface area contributed by atoms with Crippen molar-refractivity contribution in [3.05, 3.63) is 61.9 Å². The Hall–Kier alpha value is -2.01. The number of hydrogen-bond donors (Lipinski definition) is 1. The molecule has 0 radical (unpaired) electrons. The molecule has 1 heterocycles. The van der Waals surface area contributed by atoms with E-state index >= 15 is 0 Å². The molecule has 0 aliphatic rings. The third-order valence-electron chi connectivity index (χ3n) is 2.48. The molecule has 1 aromatic carbocycles. The van der Waals surface area contributed by atoms with E-state index in [1.54, 1.807) is 19.2 Å². The first-order valence-electron chi connectivity index (χ1n) is 5.22. The summed E-state index contributed by atoms with van der Waals surface area (Å²) in [7, 11) is 1.58. The number of halogens is 1. The van der Waals surface area contributed by atoms with Crippen LogP contribution in [0.3, 0.4) is 0 Å². The van der Waals surface area contributed by atoms with E-state index in [0.29, 0.717) is 6.54 Å². The van der Waals surface area contributed by atoms with Crippen molar-refractivity contribution in [1.82, 2.24) is 9.55 Å². The standard InChI is InChI=1S/C12H11ClN2O3/c1-18-9-4-2-8(3-5-9)6-15-7-10(13)11(16)14-12(15)17/h2-5,7H,6H2,1H3,(H,14,16,17). The normalized spacial score (nSPS) is 10.3. The minimum absolute atomic E-state index is 0.0110. The molecule has 2 aromatic rings. The highest BCUT2D eigenvalue weighted by atomic mass is 35.5. The molecule has 1 N–H and O–H groups in total. The van der Waals surface area contributed by atoms with E-state index in [-0.39, 0.29) is 5.02 Å². The predicted molar refractivity (Wildman–Crippen MR) is 68.4 cm³/mol. The fraction of sp³-hybridized carbons (Fsp3) is 0.167. The fourth-order valence-corrected chi connectivity index (χ4v) is 1.69. The molecule has 0 aliphatic heterocycles. The number of aromatic amines is 1. The van der Waals surface area contributed by atoms with Gasteiger partial charge < -0.3 is 4.74 Å². The monoisotopic (exact) mass is 266 g/mol. The summed E-state index contributed by atoms with van der Waals surface area (Å²) in [5, 5.41) is -0.0110. The minimum atomic E-state index is -0.576. The van der Waals surface area contributed by atoms with Crippen LogP contribution in [0.25, 0.3) is 0 Å². The van der Waals surface area contributed by atoms with E-state index in [4.69, 9.17) is 16.3 Å². The van der Waals surface area contributed by atoms with E-state index in [1.807, 2.05) is 12.1 Å². The van der Waals surface area contributed by atoms with Crippen molar-refractivity contribution in [2.45, 2.75) is 6.54 Å². The highest BCUT2D eigenvalue weighted by Gasteiger charge is 2.03. The number of nitrogens with zero attached hydrogens (tertiary/aromatic N) is 1. The van der Waals surface area contributed by atoms with Gasteiger partial charge in [0, 0.05) is 6.20 Å². The fourth-order valence-electron chi connectivity index (χ4n) is 1.53. The lowest BCUT2D eigenvalue weighted by Crippen LogP contribution is -2.29. The molecule has 6 heteroatoms. The summed E-state index contributed by atoms with van der Waals surface area (Å²) in [5.41, 5.74) is -0.158. The van der Waals surface area contributed by atoms with Crippen LogP contribution in [0.5, 0.6) is 5.75 Å². The van der Waals surface area contributed by atoms with Crippen LogP contribution in [0.1, 0.15) is 5.56 Å². The second kappa shape index (κ2) is 5.10. The maximum atomic E-state index is 11.5. The van der Waals surface area contributed by atoms with E-state index in [0.717, 1.165) is 11.3 Å². The molecule has 0 saturated heterocycles. The lowest BCUT2D eigenvalue weighted by molar-refractivity contribution is 0.414. The van der Waals surface area contributed by atoms with E-state index in [2.05, 4.69) is 4.98 Å². The largest absolute Gasteiger partial charge is 0.497 e. The van der Waals surface area contributed by atoms with Crippen LogP contribution in [0, 0.1) is 0 Å². The van der Waals surface area contributed by atoms with Crippen LogP contribution in [0.15, 0.2) is 40.1 Å². The lowest BCUT2D eigenvalue weighted by atomic mass is 10.2. The third-order valence-corrected chi connectivity index (χ3v) is 2.75. The summed E-state index contributed by atoms with van der Waals surface area (Å²) >= 11 is 5.68. The molecule has 0 unspecified atom stereocenters. The van der Waals surface area contributed by atoms with Gasteiger partial charge in [0.05, 0.1) is 13.7 Å². The molecule has 0 aliphatic carbocycles. The van der Waals surface area contributed by atoms with E-state index in [9.17, 15) is 9.59 Å². The first-order chi connectivity index (χ1) is 8.60. The molecule has 2 rings (SSSR count). The Kier molecular flexibility index (Phi) is 3.53. The van der Waals surface area contributed by atoms with Crippen molar-refractivity contribution in [2.75, 3.05) is 7.11 Å². The topological polar surface area (TPSA) is 64.1 Å². The summed E-state index contributed by atoms with van der Waals surface area (Å²) in [6.07, 6.45) is 1.33. The average Bonchev–Trinajstić information content (AvgIpc) is 2.37.